The third kappa shape index (κ3) is 4.58. The lowest BCUT2D eigenvalue weighted by Gasteiger charge is -2.32. The lowest BCUT2D eigenvalue weighted by atomic mass is 10.0. The second-order valence-corrected chi connectivity index (χ2v) is 9.60. The largest absolute Gasteiger partial charge is 0.416 e. The van der Waals surface area contributed by atoms with Crippen LogP contribution in [-0.2, 0) is 25.8 Å². The second-order valence-electron chi connectivity index (χ2n) is 9.60. The number of rotatable bonds is 4. The summed E-state index contributed by atoms with van der Waals surface area (Å²) < 4.78 is 40.7. The number of amides is 1. The molecule has 8 heteroatoms. The SMILES string of the molecule is O=C(c1ccc(-c2cnc3c(c2)N(Cc2ccccc2C(F)(F)F)CCN3)cc1)N1Cc2ccccc2C1. The zero-order valence-corrected chi connectivity index (χ0v) is 20.5. The summed E-state index contributed by atoms with van der Waals surface area (Å²) in [6, 6.07) is 23.1. The van der Waals surface area contributed by atoms with Crippen molar-refractivity contribution in [1.29, 1.82) is 0 Å². The molecule has 0 atom stereocenters. The smallest absolute Gasteiger partial charge is 0.367 e. The molecule has 0 unspecified atom stereocenters. The molecular weight excluding hydrogens is 489 g/mol. The van der Waals surface area contributed by atoms with Crippen LogP contribution in [0, 0.1) is 0 Å². The maximum Gasteiger partial charge on any atom is 0.416 e. The Labute approximate surface area is 218 Å². The highest BCUT2D eigenvalue weighted by Crippen LogP contribution is 2.36. The molecule has 192 valence electrons. The molecule has 4 aromatic rings. The average molecular weight is 515 g/mol. The first-order chi connectivity index (χ1) is 18.4. The molecule has 0 bridgehead atoms. The summed E-state index contributed by atoms with van der Waals surface area (Å²) in [5, 5.41) is 3.24. The summed E-state index contributed by atoms with van der Waals surface area (Å²) in [5.41, 5.74) is 5.02. The molecule has 3 aromatic carbocycles. The molecule has 1 amide bonds. The van der Waals surface area contributed by atoms with Crippen LogP contribution < -0.4 is 10.2 Å². The summed E-state index contributed by atoms with van der Waals surface area (Å²) in [7, 11) is 0. The van der Waals surface area contributed by atoms with Gasteiger partial charge in [-0.1, -0.05) is 54.6 Å². The van der Waals surface area contributed by atoms with E-state index >= 15 is 0 Å². The second kappa shape index (κ2) is 9.52. The van der Waals surface area contributed by atoms with Crippen LogP contribution in [0.25, 0.3) is 11.1 Å². The minimum absolute atomic E-state index is 0.0185. The van der Waals surface area contributed by atoms with Crippen molar-refractivity contribution in [2.75, 3.05) is 23.3 Å². The lowest BCUT2D eigenvalue weighted by molar-refractivity contribution is -0.138. The van der Waals surface area contributed by atoms with Gasteiger partial charge in [0.1, 0.15) is 5.82 Å². The summed E-state index contributed by atoms with van der Waals surface area (Å²) in [6.45, 7) is 2.47. The standard InChI is InChI=1S/C30H25F3N4O/c31-30(32,33)26-8-4-3-7-24(26)19-36-14-13-34-28-27(36)15-25(16-35-28)20-9-11-21(12-10-20)29(38)37-17-22-5-1-2-6-23(22)18-37/h1-12,15-16H,13-14,17-19H2,(H,34,35). The van der Waals surface area contributed by atoms with Crippen molar-refractivity contribution >= 4 is 17.4 Å². The number of anilines is 2. The lowest BCUT2D eigenvalue weighted by Crippen LogP contribution is -2.34. The van der Waals surface area contributed by atoms with Crippen LogP contribution in [0.1, 0.15) is 32.6 Å². The normalized spacial score (nSPS) is 14.6. The van der Waals surface area contributed by atoms with Crippen molar-refractivity contribution in [3.8, 4) is 11.1 Å². The Hall–Kier alpha value is -4.33. The van der Waals surface area contributed by atoms with Crippen LogP contribution >= 0.6 is 0 Å². The molecule has 2 aliphatic rings. The zero-order valence-electron chi connectivity index (χ0n) is 20.5. The van der Waals surface area contributed by atoms with Gasteiger partial charge in [0.2, 0.25) is 0 Å². The van der Waals surface area contributed by atoms with Crippen molar-refractivity contribution in [2.45, 2.75) is 25.8 Å². The first kappa shape index (κ1) is 24.0. The quantitative estimate of drug-likeness (QED) is 0.345. The van der Waals surface area contributed by atoms with Gasteiger partial charge in [0.05, 0.1) is 11.3 Å². The number of alkyl halides is 3. The number of carbonyl (C=O) groups excluding carboxylic acids is 1. The number of pyridine rings is 1. The van der Waals surface area contributed by atoms with Gasteiger partial charge in [0.15, 0.2) is 0 Å². The third-order valence-electron chi connectivity index (χ3n) is 7.16. The van der Waals surface area contributed by atoms with Crippen molar-refractivity contribution < 1.29 is 18.0 Å². The number of hydrogen-bond donors (Lipinski definition) is 1. The van der Waals surface area contributed by atoms with Gasteiger partial charge in [-0.05, 0) is 46.5 Å². The molecule has 0 aliphatic carbocycles. The van der Waals surface area contributed by atoms with Crippen LogP contribution in [-0.4, -0.2) is 28.9 Å². The van der Waals surface area contributed by atoms with E-state index in [1.165, 1.54) is 23.3 Å². The summed E-state index contributed by atoms with van der Waals surface area (Å²) >= 11 is 0. The minimum atomic E-state index is -4.41. The van der Waals surface area contributed by atoms with E-state index in [1.54, 1.807) is 12.3 Å². The van der Waals surface area contributed by atoms with Crippen LogP contribution in [0.2, 0.25) is 0 Å². The fourth-order valence-electron chi connectivity index (χ4n) is 5.19. The highest BCUT2D eigenvalue weighted by molar-refractivity contribution is 5.95. The highest BCUT2D eigenvalue weighted by Gasteiger charge is 2.33. The van der Waals surface area contributed by atoms with Gasteiger partial charge in [-0.15, -0.1) is 0 Å². The number of carbonyl (C=O) groups is 1. The van der Waals surface area contributed by atoms with Crippen LogP contribution in [0.3, 0.4) is 0 Å². The molecule has 1 aromatic heterocycles. The van der Waals surface area contributed by atoms with Gasteiger partial charge in [-0.25, -0.2) is 4.98 Å². The first-order valence-corrected chi connectivity index (χ1v) is 12.5. The van der Waals surface area contributed by atoms with E-state index in [9.17, 15) is 18.0 Å². The molecule has 3 heterocycles. The Morgan fingerprint density at radius 3 is 2.29 bits per heavy atom. The van der Waals surface area contributed by atoms with Crippen molar-refractivity contribution in [3.63, 3.8) is 0 Å². The molecule has 2 aliphatic heterocycles. The van der Waals surface area contributed by atoms with Gasteiger partial charge >= 0.3 is 6.18 Å². The molecule has 5 nitrogen and oxygen atoms in total. The predicted octanol–water partition coefficient (Wildman–Crippen LogP) is 6.36. The molecule has 0 saturated heterocycles. The predicted molar refractivity (Wildman–Crippen MR) is 141 cm³/mol. The summed E-state index contributed by atoms with van der Waals surface area (Å²) in [5.74, 6) is 0.625. The van der Waals surface area contributed by atoms with Crippen LogP contribution in [0.5, 0.6) is 0 Å². The highest BCUT2D eigenvalue weighted by atomic mass is 19.4. The maximum atomic E-state index is 13.6. The Kier molecular flexibility index (Phi) is 6.02. The van der Waals surface area contributed by atoms with E-state index < -0.39 is 11.7 Å². The number of nitrogens with one attached hydrogen (secondary N) is 1. The number of halogens is 3. The number of nitrogens with zero attached hydrogens (tertiary/aromatic N) is 3. The minimum Gasteiger partial charge on any atom is -0.367 e. The molecule has 0 radical (unpaired) electrons. The number of fused-ring (bicyclic) bond motifs is 2. The number of hydrogen-bond acceptors (Lipinski definition) is 4. The molecule has 1 N–H and O–H groups in total. The zero-order chi connectivity index (χ0) is 26.3. The third-order valence-corrected chi connectivity index (χ3v) is 7.16. The first-order valence-electron chi connectivity index (χ1n) is 12.5. The van der Waals surface area contributed by atoms with E-state index in [0.29, 0.717) is 37.6 Å². The van der Waals surface area contributed by atoms with Gasteiger partial charge in [-0.3, -0.25) is 4.79 Å². The fraction of sp³-hybridized carbons (Fsp3) is 0.200. The van der Waals surface area contributed by atoms with Gasteiger partial charge in [0, 0.05) is 50.0 Å². The van der Waals surface area contributed by atoms with Crippen molar-refractivity contribution in [1.82, 2.24) is 9.88 Å². The number of aromatic nitrogens is 1. The molecule has 0 spiro atoms. The molecule has 0 saturated carbocycles. The van der Waals surface area contributed by atoms with Crippen LogP contribution in [0.4, 0.5) is 24.7 Å². The van der Waals surface area contributed by atoms with E-state index in [1.807, 2.05) is 52.3 Å². The number of benzene rings is 3. The van der Waals surface area contributed by atoms with E-state index in [-0.39, 0.29) is 18.0 Å². The molecule has 6 rings (SSSR count). The Bertz CT molecular complexity index is 1480. The van der Waals surface area contributed by atoms with Gasteiger partial charge < -0.3 is 15.1 Å². The van der Waals surface area contributed by atoms with Gasteiger partial charge in [-0.2, -0.15) is 13.2 Å². The molecular formula is C30H25F3N4O. The van der Waals surface area contributed by atoms with E-state index in [2.05, 4.69) is 22.4 Å². The molecule has 0 fully saturated rings. The topological polar surface area (TPSA) is 48.5 Å². The van der Waals surface area contributed by atoms with Crippen molar-refractivity contribution in [2.24, 2.45) is 0 Å². The van der Waals surface area contributed by atoms with Crippen LogP contribution in [0.15, 0.2) is 85.1 Å². The van der Waals surface area contributed by atoms with E-state index in [0.717, 1.165) is 22.9 Å². The summed E-state index contributed by atoms with van der Waals surface area (Å²) in [6.07, 6.45) is -2.67. The molecule has 38 heavy (non-hydrogen) atoms. The average Bonchev–Trinajstić information content (AvgIpc) is 3.37. The van der Waals surface area contributed by atoms with E-state index in [4.69, 9.17) is 0 Å². The summed E-state index contributed by atoms with van der Waals surface area (Å²) in [4.78, 5) is 21.4. The fourth-order valence-corrected chi connectivity index (χ4v) is 5.19. The Morgan fingerprint density at radius 1 is 0.895 bits per heavy atom. The Morgan fingerprint density at radius 2 is 1.58 bits per heavy atom. The maximum absolute atomic E-state index is 13.6. The van der Waals surface area contributed by atoms with Gasteiger partial charge in [0.25, 0.3) is 5.91 Å². The Balaban J connectivity index is 1.23. The van der Waals surface area contributed by atoms with Crippen molar-refractivity contribution in [3.05, 3.63) is 113 Å². The monoisotopic (exact) mass is 514 g/mol.